The maximum atomic E-state index is 14.8. The maximum absolute atomic E-state index is 14.8. The zero-order chi connectivity index (χ0) is 28.8. The molecule has 0 saturated carbocycles. The van der Waals surface area contributed by atoms with Gasteiger partial charge < -0.3 is 23.7 Å². The van der Waals surface area contributed by atoms with Gasteiger partial charge in [-0.05, 0) is 31.0 Å². The van der Waals surface area contributed by atoms with Crippen LogP contribution in [-0.4, -0.2) is 52.6 Å². The van der Waals surface area contributed by atoms with E-state index in [-0.39, 0.29) is 48.5 Å². The number of ether oxygens (including phenoxy) is 5. The standard InChI is InChI=1S/C27H31FN2O10/c1-3-5-7-23(31)36-14-21-20(40-24(32)8-6-4-2)12-22(39-21)29-13-17(28)26(34)30(27(29)35)25(33)16-9-10-18-19(11-16)38-15-37-18/h9-11,13,20-22H,3-8,12,14-15H2,1-2H3/t20-,21+,22+/m0/s1. The van der Waals surface area contributed by atoms with Gasteiger partial charge in [0.1, 0.15) is 25.0 Å². The molecular formula is C27H31FN2O10. The molecule has 1 saturated heterocycles. The molecule has 4 rings (SSSR count). The fourth-order valence-electron chi connectivity index (χ4n) is 4.35. The first-order valence-electron chi connectivity index (χ1n) is 13.2. The number of hydrogen-bond acceptors (Lipinski definition) is 10. The smallest absolute Gasteiger partial charge is 0.340 e. The summed E-state index contributed by atoms with van der Waals surface area (Å²) in [5.74, 6) is -2.80. The summed E-state index contributed by atoms with van der Waals surface area (Å²) in [6.07, 6.45) is 0.593. The predicted octanol–water partition coefficient (Wildman–Crippen LogP) is 2.69. The molecule has 0 radical (unpaired) electrons. The Morgan fingerprint density at radius 2 is 1.73 bits per heavy atom. The molecule has 0 aliphatic carbocycles. The van der Waals surface area contributed by atoms with E-state index in [1.807, 2.05) is 13.8 Å². The average molecular weight is 563 g/mol. The van der Waals surface area contributed by atoms with Gasteiger partial charge in [0.15, 0.2) is 11.5 Å². The van der Waals surface area contributed by atoms with Gasteiger partial charge in [0.2, 0.25) is 12.6 Å². The van der Waals surface area contributed by atoms with Crippen LogP contribution >= 0.6 is 0 Å². The number of esters is 2. The maximum Gasteiger partial charge on any atom is 0.340 e. The van der Waals surface area contributed by atoms with Crippen molar-refractivity contribution in [3.63, 3.8) is 0 Å². The second kappa shape index (κ2) is 12.9. The van der Waals surface area contributed by atoms with Crippen LogP contribution in [-0.2, 0) is 23.8 Å². The zero-order valence-electron chi connectivity index (χ0n) is 22.3. The number of aromatic nitrogens is 2. The van der Waals surface area contributed by atoms with E-state index in [1.54, 1.807) is 0 Å². The summed E-state index contributed by atoms with van der Waals surface area (Å²) in [5.41, 5.74) is -2.70. The molecule has 12 nitrogen and oxygen atoms in total. The SMILES string of the molecule is CCCCC(=O)OC[C@H]1O[C@@H](n2cc(F)c(=O)n(C(=O)c3ccc4c(c3)OCO4)c2=O)C[C@@H]1OC(=O)CCCC. The molecule has 40 heavy (non-hydrogen) atoms. The van der Waals surface area contributed by atoms with Crippen LogP contribution in [0.3, 0.4) is 0 Å². The first-order chi connectivity index (χ1) is 19.2. The third-order valence-electron chi connectivity index (χ3n) is 6.55. The Kier molecular flexibility index (Phi) is 9.35. The van der Waals surface area contributed by atoms with Crippen molar-refractivity contribution in [1.82, 2.24) is 9.13 Å². The summed E-state index contributed by atoms with van der Waals surface area (Å²) in [6.45, 7) is 3.52. The summed E-state index contributed by atoms with van der Waals surface area (Å²) in [6, 6.07) is 4.03. The number of nitrogens with zero attached hydrogens (tertiary/aromatic N) is 2. The van der Waals surface area contributed by atoms with E-state index < -0.39 is 53.3 Å². The molecule has 3 atom stereocenters. The highest BCUT2D eigenvalue weighted by Gasteiger charge is 2.41. The summed E-state index contributed by atoms with van der Waals surface area (Å²) in [7, 11) is 0. The normalized spacial score (nSPS) is 19.4. The Morgan fingerprint density at radius 1 is 1.02 bits per heavy atom. The highest BCUT2D eigenvalue weighted by molar-refractivity contribution is 5.96. The highest BCUT2D eigenvalue weighted by Crippen LogP contribution is 2.33. The lowest BCUT2D eigenvalue weighted by molar-refractivity contribution is -0.158. The van der Waals surface area contributed by atoms with Crippen molar-refractivity contribution >= 4 is 17.8 Å². The van der Waals surface area contributed by atoms with E-state index in [0.717, 1.165) is 17.4 Å². The predicted molar refractivity (Wildman–Crippen MR) is 136 cm³/mol. The summed E-state index contributed by atoms with van der Waals surface area (Å²) in [4.78, 5) is 63.5. The molecular weight excluding hydrogens is 531 g/mol. The molecule has 0 bridgehead atoms. The quantitative estimate of drug-likeness (QED) is 0.375. The number of benzene rings is 1. The van der Waals surface area contributed by atoms with Crippen molar-refractivity contribution in [2.75, 3.05) is 13.4 Å². The fourth-order valence-corrected chi connectivity index (χ4v) is 4.35. The van der Waals surface area contributed by atoms with Gasteiger partial charge >= 0.3 is 17.6 Å². The minimum atomic E-state index is -1.44. The lowest BCUT2D eigenvalue weighted by Gasteiger charge is -2.19. The zero-order valence-corrected chi connectivity index (χ0v) is 22.3. The van der Waals surface area contributed by atoms with Crippen molar-refractivity contribution in [3.05, 3.63) is 56.6 Å². The van der Waals surface area contributed by atoms with E-state index in [4.69, 9.17) is 23.7 Å². The van der Waals surface area contributed by atoms with Crippen LogP contribution < -0.4 is 20.7 Å². The van der Waals surface area contributed by atoms with E-state index in [2.05, 4.69) is 0 Å². The molecule has 1 aromatic heterocycles. The molecule has 0 unspecified atom stereocenters. The first-order valence-corrected chi connectivity index (χ1v) is 13.2. The van der Waals surface area contributed by atoms with Crippen LogP contribution in [0.1, 0.15) is 75.4 Å². The van der Waals surface area contributed by atoms with E-state index in [9.17, 15) is 28.4 Å². The van der Waals surface area contributed by atoms with Crippen LogP contribution in [0.4, 0.5) is 4.39 Å². The number of hydrogen-bond donors (Lipinski definition) is 0. The molecule has 3 heterocycles. The van der Waals surface area contributed by atoms with Crippen molar-refractivity contribution in [3.8, 4) is 11.5 Å². The Morgan fingerprint density at radius 3 is 2.45 bits per heavy atom. The van der Waals surface area contributed by atoms with E-state index in [1.165, 1.54) is 18.2 Å². The van der Waals surface area contributed by atoms with Gasteiger partial charge in [0, 0.05) is 24.8 Å². The van der Waals surface area contributed by atoms with Gasteiger partial charge in [-0.15, -0.1) is 0 Å². The van der Waals surface area contributed by atoms with Gasteiger partial charge in [0.25, 0.3) is 11.5 Å². The van der Waals surface area contributed by atoms with Gasteiger partial charge in [-0.25, -0.2) is 4.79 Å². The van der Waals surface area contributed by atoms with Crippen LogP contribution in [0.2, 0.25) is 0 Å². The van der Waals surface area contributed by atoms with E-state index >= 15 is 0 Å². The lowest BCUT2D eigenvalue weighted by atomic mass is 10.1. The van der Waals surface area contributed by atoms with Gasteiger partial charge in [-0.2, -0.15) is 8.96 Å². The van der Waals surface area contributed by atoms with Crippen LogP contribution in [0.5, 0.6) is 11.5 Å². The number of carbonyl (C=O) groups is 3. The number of unbranched alkanes of at least 4 members (excludes halogenated alkanes) is 2. The Hall–Kier alpha value is -4.00. The number of halogens is 1. The third-order valence-corrected chi connectivity index (χ3v) is 6.55. The number of carbonyl (C=O) groups excluding carboxylic acids is 3. The largest absolute Gasteiger partial charge is 0.463 e. The number of fused-ring (bicyclic) bond motifs is 1. The van der Waals surface area contributed by atoms with Crippen LogP contribution in [0, 0.1) is 5.82 Å². The molecule has 0 spiro atoms. The summed E-state index contributed by atoms with van der Waals surface area (Å²) >= 11 is 0. The molecule has 216 valence electrons. The average Bonchev–Trinajstić information content (AvgIpc) is 3.57. The molecule has 1 fully saturated rings. The first kappa shape index (κ1) is 29.0. The summed E-state index contributed by atoms with van der Waals surface area (Å²) in [5, 5.41) is 0. The fraction of sp³-hybridized carbons (Fsp3) is 0.519. The van der Waals surface area contributed by atoms with Crippen LogP contribution in [0.15, 0.2) is 34.0 Å². The van der Waals surface area contributed by atoms with Gasteiger partial charge in [-0.1, -0.05) is 26.7 Å². The lowest BCUT2D eigenvalue weighted by Crippen LogP contribution is -2.46. The topological polar surface area (TPSA) is 141 Å². The van der Waals surface area contributed by atoms with Gasteiger partial charge in [-0.3, -0.25) is 23.7 Å². The third kappa shape index (κ3) is 6.41. The highest BCUT2D eigenvalue weighted by atomic mass is 19.1. The Balaban J connectivity index is 1.60. The molecule has 2 aromatic rings. The van der Waals surface area contributed by atoms with Crippen LogP contribution in [0.25, 0.3) is 0 Å². The van der Waals surface area contributed by atoms with Crippen molar-refractivity contribution in [2.24, 2.45) is 0 Å². The van der Waals surface area contributed by atoms with Crippen molar-refractivity contribution in [1.29, 1.82) is 0 Å². The second-order valence-electron chi connectivity index (χ2n) is 9.46. The van der Waals surface area contributed by atoms with Crippen molar-refractivity contribution in [2.45, 2.75) is 77.2 Å². The molecule has 0 amide bonds. The Labute approximate surface area is 228 Å². The minimum Gasteiger partial charge on any atom is -0.463 e. The van der Waals surface area contributed by atoms with Crippen molar-refractivity contribution < 1.29 is 42.5 Å². The molecule has 2 aliphatic heterocycles. The van der Waals surface area contributed by atoms with Gasteiger partial charge in [0.05, 0.1) is 6.20 Å². The second-order valence-corrected chi connectivity index (χ2v) is 9.46. The Bertz CT molecular complexity index is 1380. The minimum absolute atomic E-state index is 0.0576. The number of rotatable bonds is 11. The summed E-state index contributed by atoms with van der Waals surface area (Å²) < 4.78 is 42.9. The molecule has 1 aromatic carbocycles. The molecule has 2 aliphatic rings. The van der Waals surface area contributed by atoms with E-state index in [0.29, 0.717) is 24.8 Å². The monoisotopic (exact) mass is 562 g/mol. The molecule has 0 N–H and O–H groups in total. The molecule has 13 heteroatoms.